The first-order chi connectivity index (χ1) is 9.94. The van der Waals surface area contributed by atoms with Crippen molar-refractivity contribution < 1.29 is 9.13 Å². The molecule has 1 aromatic heterocycles. The lowest BCUT2D eigenvalue weighted by molar-refractivity contribution is -0.0880. The Kier molecular flexibility index (Phi) is 4.99. The highest BCUT2D eigenvalue weighted by atomic mass is 19.1. The van der Waals surface area contributed by atoms with E-state index in [1.165, 1.54) is 6.20 Å². The Hall–Kier alpha value is -1.00. The molecular formula is C17H27FN2O. The molecule has 21 heavy (non-hydrogen) atoms. The van der Waals surface area contributed by atoms with Crippen molar-refractivity contribution in [2.24, 2.45) is 5.41 Å². The van der Waals surface area contributed by atoms with E-state index in [1.807, 2.05) is 6.92 Å². The molecule has 0 aromatic carbocycles. The maximum atomic E-state index is 14.2. The van der Waals surface area contributed by atoms with E-state index in [1.54, 1.807) is 19.4 Å². The molecule has 0 amide bonds. The van der Waals surface area contributed by atoms with E-state index < -0.39 is 0 Å². The highest BCUT2D eigenvalue weighted by Crippen LogP contribution is 2.47. The van der Waals surface area contributed by atoms with Gasteiger partial charge in [-0.25, -0.2) is 4.39 Å². The third kappa shape index (κ3) is 3.43. The molecule has 1 atom stereocenters. The Morgan fingerprint density at radius 3 is 2.52 bits per heavy atom. The number of halogens is 1. The summed E-state index contributed by atoms with van der Waals surface area (Å²) in [7, 11) is 1.75. The zero-order valence-electron chi connectivity index (χ0n) is 13.6. The fourth-order valence-corrected chi connectivity index (χ4v) is 3.36. The number of methoxy groups -OCH3 is 1. The maximum Gasteiger partial charge on any atom is 0.146 e. The molecule has 0 saturated heterocycles. The Bertz CT molecular complexity index is 466. The van der Waals surface area contributed by atoms with Gasteiger partial charge in [-0.15, -0.1) is 0 Å². The van der Waals surface area contributed by atoms with Crippen LogP contribution in [0.2, 0.25) is 0 Å². The van der Waals surface area contributed by atoms with Gasteiger partial charge < -0.3 is 10.1 Å². The minimum absolute atomic E-state index is 0.133. The van der Waals surface area contributed by atoms with Crippen molar-refractivity contribution in [3.63, 3.8) is 0 Å². The molecule has 2 rings (SSSR count). The van der Waals surface area contributed by atoms with Crippen molar-refractivity contribution in [3.05, 3.63) is 29.8 Å². The van der Waals surface area contributed by atoms with Crippen LogP contribution < -0.4 is 5.32 Å². The SMILES string of the molecule is CCNC(c1ccncc1F)C1(OC)CCC(C)(C)CC1. The van der Waals surface area contributed by atoms with Crippen LogP contribution in [0.25, 0.3) is 0 Å². The molecule has 4 heteroatoms. The van der Waals surface area contributed by atoms with Gasteiger partial charge in [0.2, 0.25) is 0 Å². The summed E-state index contributed by atoms with van der Waals surface area (Å²) < 4.78 is 20.2. The van der Waals surface area contributed by atoms with Crippen molar-refractivity contribution in [2.75, 3.05) is 13.7 Å². The van der Waals surface area contributed by atoms with Crippen molar-refractivity contribution >= 4 is 0 Å². The lowest BCUT2D eigenvalue weighted by atomic mass is 9.67. The van der Waals surface area contributed by atoms with Crippen LogP contribution in [0.3, 0.4) is 0 Å². The number of pyridine rings is 1. The summed E-state index contributed by atoms with van der Waals surface area (Å²) >= 11 is 0. The highest BCUT2D eigenvalue weighted by molar-refractivity contribution is 5.22. The molecule has 3 nitrogen and oxygen atoms in total. The van der Waals surface area contributed by atoms with E-state index in [2.05, 4.69) is 24.1 Å². The molecule has 1 aromatic rings. The molecule has 0 aliphatic heterocycles. The predicted octanol–water partition coefficient (Wildman–Crippen LogP) is 3.86. The first-order valence-corrected chi connectivity index (χ1v) is 7.82. The summed E-state index contributed by atoms with van der Waals surface area (Å²) in [5.41, 5.74) is 0.664. The maximum absolute atomic E-state index is 14.2. The number of rotatable bonds is 5. The topological polar surface area (TPSA) is 34.2 Å². The van der Waals surface area contributed by atoms with Gasteiger partial charge in [0.1, 0.15) is 5.82 Å². The third-order valence-electron chi connectivity index (χ3n) is 4.91. The summed E-state index contributed by atoms with van der Waals surface area (Å²) in [5, 5.41) is 3.44. The fourth-order valence-electron chi connectivity index (χ4n) is 3.36. The molecule has 0 bridgehead atoms. The number of ether oxygens (including phenoxy) is 1. The van der Waals surface area contributed by atoms with Gasteiger partial charge in [0, 0.05) is 18.9 Å². The Labute approximate surface area is 127 Å². The van der Waals surface area contributed by atoms with E-state index >= 15 is 0 Å². The molecule has 0 spiro atoms. The summed E-state index contributed by atoms with van der Waals surface area (Å²) in [5.74, 6) is -0.260. The quantitative estimate of drug-likeness (QED) is 0.895. The van der Waals surface area contributed by atoms with E-state index in [-0.39, 0.29) is 17.5 Å². The van der Waals surface area contributed by atoms with Gasteiger partial charge in [0.05, 0.1) is 17.8 Å². The number of nitrogens with zero attached hydrogens (tertiary/aromatic N) is 1. The Morgan fingerprint density at radius 1 is 1.33 bits per heavy atom. The summed E-state index contributed by atoms with van der Waals surface area (Å²) in [6.07, 6.45) is 7.01. The second-order valence-corrected chi connectivity index (χ2v) is 6.82. The minimum Gasteiger partial charge on any atom is -0.376 e. The summed E-state index contributed by atoms with van der Waals surface area (Å²) in [4.78, 5) is 3.86. The van der Waals surface area contributed by atoms with Crippen LogP contribution in [0.5, 0.6) is 0 Å². The van der Waals surface area contributed by atoms with Crippen molar-refractivity contribution in [2.45, 2.75) is 58.1 Å². The van der Waals surface area contributed by atoms with Gasteiger partial charge in [0.15, 0.2) is 0 Å². The molecule has 1 N–H and O–H groups in total. The first-order valence-electron chi connectivity index (χ1n) is 7.82. The van der Waals surface area contributed by atoms with Crippen LogP contribution in [0.4, 0.5) is 4.39 Å². The molecule has 1 heterocycles. The first kappa shape index (κ1) is 16.4. The second kappa shape index (κ2) is 6.41. The normalized spacial score (nSPS) is 22.0. The van der Waals surface area contributed by atoms with E-state index in [0.717, 1.165) is 32.2 Å². The Morgan fingerprint density at radius 2 is 2.00 bits per heavy atom. The van der Waals surface area contributed by atoms with Gasteiger partial charge >= 0.3 is 0 Å². The van der Waals surface area contributed by atoms with Gasteiger partial charge in [-0.3, -0.25) is 4.98 Å². The number of nitrogens with one attached hydrogen (secondary N) is 1. The fraction of sp³-hybridized carbons (Fsp3) is 0.706. The molecule has 1 unspecified atom stereocenters. The Balaban J connectivity index is 2.34. The number of aromatic nitrogens is 1. The summed E-state index contributed by atoms with van der Waals surface area (Å²) in [6, 6.07) is 1.63. The predicted molar refractivity (Wildman–Crippen MR) is 82.6 cm³/mol. The second-order valence-electron chi connectivity index (χ2n) is 6.82. The molecule has 118 valence electrons. The van der Waals surface area contributed by atoms with Gasteiger partial charge in [-0.1, -0.05) is 20.8 Å². The smallest absolute Gasteiger partial charge is 0.146 e. The molecule has 1 aliphatic carbocycles. The molecule has 1 fully saturated rings. The van der Waals surface area contributed by atoms with E-state index in [4.69, 9.17) is 4.74 Å². The zero-order chi connectivity index (χ0) is 15.5. The van der Waals surface area contributed by atoms with Gasteiger partial charge in [-0.05, 0) is 43.7 Å². The third-order valence-corrected chi connectivity index (χ3v) is 4.91. The van der Waals surface area contributed by atoms with Crippen molar-refractivity contribution in [1.82, 2.24) is 10.3 Å². The largest absolute Gasteiger partial charge is 0.376 e. The van der Waals surface area contributed by atoms with Crippen LogP contribution in [0.15, 0.2) is 18.5 Å². The molecule has 0 radical (unpaired) electrons. The number of hydrogen-bond donors (Lipinski definition) is 1. The molecular weight excluding hydrogens is 267 g/mol. The van der Waals surface area contributed by atoms with Crippen molar-refractivity contribution in [1.29, 1.82) is 0 Å². The standard InChI is InChI=1S/C17H27FN2O/c1-5-20-15(13-6-11-19-12-14(13)18)17(21-4)9-7-16(2,3)8-10-17/h6,11-12,15,20H,5,7-10H2,1-4H3. The van der Waals surface area contributed by atoms with E-state index in [9.17, 15) is 4.39 Å². The number of hydrogen-bond acceptors (Lipinski definition) is 3. The van der Waals surface area contributed by atoms with Gasteiger partial charge in [0.25, 0.3) is 0 Å². The summed E-state index contributed by atoms with van der Waals surface area (Å²) in [6.45, 7) is 7.41. The lowest BCUT2D eigenvalue weighted by Gasteiger charge is -2.47. The van der Waals surface area contributed by atoms with Crippen LogP contribution in [-0.2, 0) is 4.74 Å². The highest BCUT2D eigenvalue weighted by Gasteiger charge is 2.45. The minimum atomic E-state index is -0.340. The number of likely N-dealkylation sites (N-methyl/N-ethyl adjacent to an activating group) is 1. The van der Waals surface area contributed by atoms with Crippen LogP contribution in [0, 0.1) is 11.2 Å². The van der Waals surface area contributed by atoms with E-state index in [0.29, 0.717) is 11.0 Å². The molecule has 1 saturated carbocycles. The van der Waals surface area contributed by atoms with Crippen LogP contribution in [0.1, 0.15) is 58.1 Å². The van der Waals surface area contributed by atoms with Crippen molar-refractivity contribution in [3.8, 4) is 0 Å². The van der Waals surface area contributed by atoms with Crippen LogP contribution >= 0.6 is 0 Å². The average molecular weight is 294 g/mol. The molecule has 1 aliphatic rings. The van der Waals surface area contributed by atoms with Gasteiger partial charge in [-0.2, -0.15) is 0 Å². The monoisotopic (exact) mass is 294 g/mol. The van der Waals surface area contributed by atoms with Crippen LogP contribution in [-0.4, -0.2) is 24.2 Å². The lowest BCUT2D eigenvalue weighted by Crippen LogP contribution is -2.49. The zero-order valence-corrected chi connectivity index (χ0v) is 13.6. The average Bonchev–Trinajstić information content (AvgIpc) is 2.47.